The van der Waals surface area contributed by atoms with Crippen molar-refractivity contribution in [2.45, 2.75) is 235 Å². The largest absolute Gasteiger partial charge is 0.394 e. The molecule has 0 aromatic heterocycles. The number of ether oxygens (including phenoxy) is 14. The SMILES string of the molecule is CCCC1OC2OC3C(CO)OC(OC4C(CO)OC(OC5C(CO)OC(OC6C(CNC)OC(OC7C(CO)OC(OC8C(CO)OC(OC1C(O)C2O)C(O)C8O)C(O)C7O)C(O)C6O)C(O)C5O)C(O)C4O)C(O)C3O. The van der Waals surface area contributed by atoms with Crippen molar-refractivity contribution in [3.05, 3.63) is 0 Å². The quantitative estimate of drug-likeness (QED) is 0.102. The molecule has 460 valence electrons. The smallest absolute Gasteiger partial charge is 0.187 e. The first kappa shape index (κ1) is 63.7. The van der Waals surface area contributed by atoms with E-state index in [0.717, 1.165) is 0 Å². The van der Waals surface area contributed by atoms with Crippen molar-refractivity contribution in [2.75, 3.05) is 46.6 Å². The lowest BCUT2D eigenvalue weighted by Crippen LogP contribution is -2.68. The summed E-state index contributed by atoms with van der Waals surface area (Å²) in [5.41, 5.74) is 0. The summed E-state index contributed by atoms with van der Waals surface area (Å²) in [7, 11) is 1.45. The normalized spacial score (nSPS) is 54.3. The third-order valence-corrected chi connectivity index (χ3v) is 15.4. The number of hydrogen-bond acceptors (Lipinski definition) is 34. The molecule has 0 saturated carbocycles. The Morgan fingerprint density at radius 3 is 0.620 bits per heavy atom. The van der Waals surface area contributed by atoms with E-state index in [4.69, 9.17) is 66.3 Å². The van der Waals surface area contributed by atoms with Gasteiger partial charge >= 0.3 is 0 Å². The Bertz CT molecular complexity index is 1860. The highest BCUT2D eigenvalue weighted by atomic mass is 16.8. The van der Waals surface area contributed by atoms with E-state index in [9.17, 15) is 97.0 Å². The monoisotopic (exact) mass is 1160 g/mol. The third-order valence-electron chi connectivity index (χ3n) is 15.4. The summed E-state index contributed by atoms with van der Waals surface area (Å²) in [6.45, 7) is -3.48. The zero-order valence-corrected chi connectivity index (χ0v) is 42.6. The Morgan fingerprint density at radius 1 is 0.253 bits per heavy atom. The van der Waals surface area contributed by atoms with Crippen LogP contribution in [0.3, 0.4) is 0 Å². The molecule has 21 rings (SSSR count). The second-order valence-corrected chi connectivity index (χ2v) is 20.6. The van der Waals surface area contributed by atoms with Gasteiger partial charge in [-0.3, -0.25) is 0 Å². The van der Waals surface area contributed by atoms with E-state index in [2.05, 4.69) is 5.32 Å². The number of aliphatic hydroxyl groups is 19. The maximum Gasteiger partial charge on any atom is 0.187 e. The van der Waals surface area contributed by atoms with Gasteiger partial charge in [-0.15, -0.1) is 0 Å². The standard InChI is InChI=1S/C45H77NO33/c1-3-4-11-32-18(52)25(59)39(66-11)75-34-13(6-47)70-43(29(63)22(34)56)79-38-17(10-51)72-45(31(65)24(38)58)78-37-16(9-50)69-42(28(62)21(37)55)74-33-12(5-46-2)67-40(26(60)19(33)53)76-35-14(7-48)71-44(30(64)23(35)57)77-36-15(8-49)68-41(73-32)27(61)20(36)54/h11-65H,3-10H2,1-2H3. The summed E-state index contributed by atoms with van der Waals surface area (Å²) in [5.74, 6) is 0. The molecule has 34 nitrogen and oxygen atoms in total. The van der Waals surface area contributed by atoms with Gasteiger partial charge in [0.2, 0.25) is 0 Å². The van der Waals surface area contributed by atoms with Crippen LogP contribution in [0.5, 0.6) is 0 Å². The summed E-state index contributed by atoms with van der Waals surface area (Å²) in [6.07, 6.45) is -66.1. The zero-order valence-electron chi connectivity index (χ0n) is 42.6. The van der Waals surface area contributed by atoms with Crippen molar-refractivity contribution in [2.24, 2.45) is 0 Å². The third kappa shape index (κ3) is 12.8. The van der Waals surface area contributed by atoms with Gasteiger partial charge in [-0.2, -0.15) is 0 Å². The van der Waals surface area contributed by atoms with E-state index in [1.165, 1.54) is 7.05 Å². The van der Waals surface area contributed by atoms with Gasteiger partial charge in [0, 0.05) is 6.54 Å². The van der Waals surface area contributed by atoms with Gasteiger partial charge in [-0.1, -0.05) is 13.3 Å². The summed E-state index contributed by atoms with van der Waals surface area (Å²) in [4.78, 5) is 0. The molecule has 79 heavy (non-hydrogen) atoms. The highest BCUT2D eigenvalue weighted by Gasteiger charge is 2.59. The Hall–Kier alpha value is -1.36. The molecule has 20 N–H and O–H groups in total. The van der Waals surface area contributed by atoms with Crippen LogP contribution in [0, 0.1) is 0 Å². The number of likely N-dealkylation sites (N-methyl/N-ethyl adjacent to an activating group) is 1. The highest BCUT2D eigenvalue weighted by molar-refractivity contribution is 5.02. The average Bonchev–Trinajstić information content (AvgIpc) is 3.48. The van der Waals surface area contributed by atoms with Crippen molar-refractivity contribution < 1.29 is 163 Å². The first-order valence-electron chi connectivity index (χ1n) is 26.0. The molecular weight excluding hydrogens is 1080 g/mol. The molecule has 0 aromatic rings. The molecule has 0 spiro atoms. The minimum absolute atomic E-state index is 0.0311. The molecule has 0 radical (unpaired) electrons. The molecule has 21 aliphatic rings. The Kier molecular flexibility index (Phi) is 22.0. The van der Waals surface area contributed by atoms with Crippen LogP contribution in [0.4, 0.5) is 0 Å². The van der Waals surface area contributed by atoms with Crippen molar-refractivity contribution in [1.82, 2.24) is 5.32 Å². The van der Waals surface area contributed by atoms with Crippen LogP contribution in [0.2, 0.25) is 0 Å². The maximum absolute atomic E-state index is 11.5. The van der Waals surface area contributed by atoms with Gasteiger partial charge in [0.05, 0.1) is 39.1 Å². The minimum Gasteiger partial charge on any atom is -0.394 e. The second kappa shape index (κ2) is 27.3. The number of aliphatic hydroxyl groups excluding tert-OH is 19. The predicted octanol–water partition coefficient (Wildman–Crippen LogP) is -13.2. The van der Waals surface area contributed by atoms with E-state index in [1.807, 2.05) is 0 Å². The molecule has 21 fully saturated rings. The molecule has 35 atom stereocenters. The molecular formula is C45H77NO33. The fraction of sp³-hybridized carbons (Fsp3) is 1.00. The molecule has 34 heteroatoms. The van der Waals surface area contributed by atoms with Crippen molar-refractivity contribution in [3.63, 3.8) is 0 Å². The summed E-state index contributed by atoms with van der Waals surface area (Å²) >= 11 is 0. The molecule has 21 saturated heterocycles. The Morgan fingerprint density at radius 2 is 0.430 bits per heavy atom. The van der Waals surface area contributed by atoms with Crippen LogP contribution in [0.25, 0.3) is 0 Å². The van der Waals surface area contributed by atoms with Crippen LogP contribution in [-0.4, -0.2) is 359 Å². The predicted molar refractivity (Wildman–Crippen MR) is 243 cm³/mol. The lowest BCUT2D eigenvalue weighted by atomic mass is 9.94. The molecule has 35 unspecified atom stereocenters. The Balaban J connectivity index is 1.09. The first-order chi connectivity index (χ1) is 37.7. The van der Waals surface area contributed by atoms with E-state index in [-0.39, 0.29) is 13.0 Å². The lowest BCUT2D eigenvalue weighted by Gasteiger charge is -2.50. The molecule has 0 aliphatic carbocycles. The fourth-order valence-corrected chi connectivity index (χ4v) is 11.0. The van der Waals surface area contributed by atoms with Gasteiger partial charge in [0.1, 0.15) is 165 Å². The van der Waals surface area contributed by atoms with Gasteiger partial charge in [-0.05, 0) is 13.5 Å². The molecule has 21 aliphatic heterocycles. The number of rotatable bonds is 9. The van der Waals surface area contributed by atoms with Crippen LogP contribution < -0.4 is 5.32 Å². The van der Waals surface area contributed by atoms with Crippen molar-refractivity contribution in [3.8, 4) is 0 Å². The molecule has 14 bridgehead atoms. The van der Waals surface area contributed by atoms with Crippen LogP contribution in [0.15, 0.2) is 0 Å². The van der Waals surface area contributed by atoms with Gasteiger partial charge < -0.3 is 169 Å². The molecule has 0 amide bonds. The number of hydrogen-bond donors (Lipinski definition) is 20. The molecule has 0 aromatic carbocycles. The van der Waals surface area contributed by atoms with Gasteiger partial charge in [0.15, 0.2) is 44.0 Å². The summed E-state index contributed by atoms with van der Waals surface area (Å²) < 4.78 is 81.6. The lowest BCUT2D eigenvalue weighted by molar-refractivity contribution is -0.396. The van der Waals surface area contributed by atoms with E-state index in [1.54, 1.807) is 6.92 Å². The molecule has 21 heterocycles. The van der Waals surface area contributed by atoms with Gasteiger partial charge in [0.25, 0.3) is 0 Å². The van der Waals surface area contributed by atoms with E-state index in [0.29, 0.717) is 6.42 Å². The fourth-order valence-electron chi connectivity index (χ4n) is 11.0. The first-order valence-corrected chi connectivity index (χ1v) is 26.0. The van der Waals surface area contributed by atoms with Crippen LogP contribution in [-0.2, 0) is 66.3 Å². The minimum atomic E-state index is -2.17. The van der Waals surface area contributed by atoms with Crippen LogP contribution in [0.1, 0.15) is 19.8 Å². The Labute approximate surface area is 449 Å². The van der Waals surface area contributed by atoms with Crippen molar-refractivity contribution in [1.29, 1.82) is 0 Å². The van der Waals surface area contributed by atoms with E-state index < -0.39 is 248 Å². The summed E-state index contributed by atoms with van der Waals surface area (Å²) in [5, 5.41) is 215. The second-order valence-electron chi connectivity index (χ2n) is 20.6. The van der Waals surface area contributed by atoms with E-state index >= 15 is 0 Å². The number of nitrogens with one attached hydrogen (secondary N) is 1. The summed E-state index contributed by atoms with van der Waals surface area (Å²) in [6, 6.07) is 0. The van der Waals surface area contributed by atoms with Crippen LogP contribution >= 0.6 is 0 Å². The maximum atomic E-state index is 11.5. The highest BCUT2D eigenvalue weighted by Crippen LogP contribution is 2.39. The average molecular weight is 1160 g/mol. The zero-order chi connectivity index (χ0) is 57.5. The topological polar surface area (TPSA) is 526 Å². The van der Waals surface area contributed by atoms with Gasteiger partial charge in [-0.25, -0.2) is 0 Å². The van der Waals surface area contributed by atoms with Crippen molar-refractivity contribution >= 4 is 0 Å².